The molecule has 2 heterocycles. The number of rotatable bonds is 1. The summed E-state index contributed by atoms with van der Waals surface area (Å²) in [5.74, 6) is 0. The predicted octanol–water partition coefficient (Wildman–Crippen LogP) is 4.21. The van der Waals surface area contributed by atoms with Crippen molar-refractivity contribution >= 4 is 34.3 Å². The first-order valence-electron chi connectivity index (χ1n) is 8.92. The minimum Gasteiger partial charge on any atom is -0.444 e. The average Bonchev–Trinajstić information content (AvgIpc) is 2.58. The van der Waals surface area contributed by atoms with E-state index >= 15 is 0 Å². The smallest absolute Gasteiger partial charge is 0.410 e. The summed E-state index contributed by atoms with van der Waals surface area (Å²) < 4.78 is 5.51. The third kappa shape index (κ3) is 4.09. The Kier molecular flexibility index (Phi) is 5.16. The monoisotopic (exact) mass is 386 g/mol. The molecule has 6 nitrogen and oxygen atoms in total. The van der Waals surface area contributed by atoms with E-state index in [9.17, 15) is 10.1 Å². The maximum Gasteiger partial charge on any atom is 0.410 e. The lowest BCUT2D eigenvalue weighted by Crippen LogP contribution is -2.55. The molecule has 1 unspecified atom stereocenters. The fourth-order valence-corrected chi connectivity index (χ4v) is 3.50. The van der Waals surface area contributed by atoms with Gasteiger partial charge in [-0.05, 0) is 45.9 Å². The first kappa shape index (κ1) is 19.2. The molecule has 1 aliphatic rings. The molecular weight excluding hydrogens is 364 g/mol. The number of fused-ring (bicyclic) bond motifs is 1. The average molecular weight is 387 g/mol. The molecule has 7 heteroatoms. The minimum absolute atomic E-state index is 0.0532. The third-order valence-corrected chi connectivity index (χ3v) is 4.73. The number of amides is 1. The Morgan fingerprint density at radius 3 is 2.74 bits per heavy atom. The predicted molar refractivity (Wildman–Crippen MR) is 106 cm³/mol. The number of carbonyl (C=O) groups is 1. The van der Waals surface area contributed by atoms with Gasteiger partial charge in [0.05, 0.1) is 16.8 Å². The number of nitrogens with zero attached hydrogens (tertiary/aromatic N) is 4. The zero-order valence-electron chi connectivity index (χ0n) is 16.0. The van der Waals surface area contributed by atoms with Gasteiger partial charge in [0.15, 0.2) is 0 Å². The number of aromatic nitrogens is 1. The van der Waals surface area contributed by atoms with Crippen molar-refractivity contribution in [3.63, 3.8) is 0 Å². The molecule has 1 saturated heterocycles. The first-order chi connectivity index (χ1) is 12.7. The Balaban J connectivity index is 1.90. The van der Waals surface area contributed by atoms with Gasteiger partial charge in [0.2, 0.25) is 0 Å². The molecule has 1 aliphatic heterocycles. The minimum atomic E-state index is -0.528. The van der Waals surface area contributed by atoms with Crippen LogP contribution < -0.4 is 4.90 Å². The second-order valence-electron chi connectivity index (χ2n) is 7.76. The zero-order valence-corrected chi connectivity index (χ0v) is 16.7. The Morgan fingerprint density at radius 2 is 2.11 bits per heavy atom. The fourth-order valence-electron chi connectivity index (χ4n) is 3.33. The van der Waals surface area contributed by atoms with Gasteiger partial charge in [-0.25, -0.2) is 4.79 Å². The maximum absolute atomic E-state index is 12.5. The molecule has 3 rings (SSSR count). The van der Waals surface area contributed by atoms with Crippen LogP contribution in [-0.4, -0.2) is 47.3 Å². The van der Waals surface area contributed by atoms with E-state index in [2.05, 4.69) is 16.0 Å². The van der Waals surface area contributed by atoms with Crippen molar-refractivity contribution in [2.75, 3.05) is 24.5 Å². The van der Waals surface area contributed by atoms with Crippen LogP contribution in [0.3, 0.4) is 0 Å². The number of nitriles is 1. The highest BCUT2D eigenvalue weighted by atomic mass is 35.5. The normalized spacial score (nSPS) is 17.7. The summed E-state index contributed by atoms with van der Waals surface area (Å²) in [4.78, 5) is 20.7. The SMILES string of the molecule is CC1CN(c2c(C#N)cnc3ccc(Cl)cc23)CCN1C(=O)OC(C)(C)C. The summed E-state index contributed by atoms with van der Waals surface area (Å²) in [5, 5.41) is 11.0. The molecule has 0 spiro atoms. The van der Waals surface area contributed by atoms with Crippen LogP contribution in [0.25, 0.3) is 10.9 Å². The van der Waals surface area contributed by atoms with Gasteiger partial charge in [0, 0.05) is 42.3 Å². The largest absolute Gasteiger partial charge is 0.444 e. The molecular formula is C20H23ClN4O2. The lowest BCUT2D eigenvalue weighted by molar-refractivity contribution is 0.0159. The maximum atomic E-state index is 12.5. The highest BCUT2D eigenvalue weighted by Crippen LogP contribution is 2.33. The quantitative estimate of drug-likeness (QED) is 0.734. The van der Waals surface area contributed by atoms with Crippen LogP contribution >= 0.6 is 11.6 Å². The summed E-state index contributed by atoms with van der Waals surface area (Å²) in [6, 6.07) is 7.65. The Labute approximate surface area is 164 Å². The number of halogens is 1. The van der Waals surface area contributed by atoms with Crippen LogP contribution in [0, 0.1) is 11.3 Å². The van der Waals surface area contributed by atoms with E-state index in [0.717, 1.165) is 16.6 Å². The Morgan fingerprint density at radius 1 is 1.37 bits per heavy atom. The molecule has 1 atom stereocenters. The molecule has 0 saturated carbocycles. The number of hydrogen-bond acceptors (Lipinski definition) is 5. The van der Waals surface area contributed by atoms with Crippen LogP contribution in [-0.2, 0) is 4.74 Å². The van der Waals surface area contributed by atoms with E-state index in [1.807, 2.05) is 39.8 Å². The molecule has 0 aliphatic carbocycles. The molecule has 27 heavy (non-hydrogen) atoms. The summed E-state index contributed by atoms with van der Waals surface area (Å²) >= 11 is 6.18. The molecule has 1 aromatic carbocycles. The van der Waals surface area contributed by atoms with Crippen molar-refractivity contribution in [3.05, 3.63) is 35.0 Å². The van der Waals surface area contributed by atoms with Gasteiger partial charge in [-0.3, -0.25) is 4.98 Å². The van der Waals surface area contributed by atoms with E-state index in [4.69, 9.17) is 16.3 Å². The topological polar surface area (TPSA) is 69.5 Å². The van der Waals surface area contributed by atoms with E-state index in [0.29, 0.717) is 30.2 Å². The number of piperazine rings is 1. The highest BCUT2D eigenvalue weighted by molar-refractivity contribution is 6.31. The van der Waals surface area contributed by atoms with Crippen molar-refractivity contribution < 1.29 is 9.53 Å². The number of pyridine rings is 1. The molecule has 0 bridgehead atoms. The van der Waals surface area contributed by atoms with Gasteiger partial charge in [-0.2, -0.15) is 5.26 Å². The molecule has 1 amide bonds. The van der Waals surface area contributed by atoms with Crippen LogP contribution in [0.2, 0.25) is 5.02 Å². The van der Waals surface area contributed by atoms with Crippen molar-refractivity contribution in [1.82, 2.24) is 9.88 Å². The molecule has 0 radical (unpaired) electrons. The molecule has 1 fully saturated rings. The standard InChI is InChI=1S/C20H23ClN4O2/c1-13-12-24(7-8-25(13)19(26)27-20(2,3)4)18-14(10-22)11-23-17-6-5-15(21)9-16(17)18/h5-6,9,11,13H,7-8,12H2,1-4H3. The second kappa shape index (κ2) is 7.24. The molecule has 1 aromatic heterocycles. The van der Waals surface area contributed by atoms with Gasteiger partial charge in [0.1, 0.15) is 11.7 Å². The second-order valence-corrected chi connectivity index (χ2v) is 8.20. The fraction of sp³-hybridized carbons (Fsp3) is 0.450. The first-order valence-corrected chi connectivity index (χ1v) is 9.30. The van der Waals surface area contributed by atoms with Gasteiger partial charge >= 0.3 is 6.09 Å². The van der Waals surface area contributed by atoms with Crippen LogP contribution in [0.15, 0.2) is 24.4 Å². The van der Waals surface area contributed by atoms with E-state index < -0.39 is 5.60 Å². The van der Waals surface area contributed by atoms with Gasteiger partial charge in [-0.1, -0.05) is 11.6 Å². The molecule has 142 valence electrons. The number of carbonyl (C=O) groups excluding carboxylic acids is 1. The lowest BCUT2D eigenvalue weighted by atomic mass is 10.1. The molecule has 0 N–H and O–H groups in total. The lowest BCUT2D eigenvalue weighted by Gasteiger charge is -2.41. The summed E-state index contributed by atoms with van der Waals surface area (Å²) in [7, 11) is 0. The van der Waals surface area contributed by atoms with E-state index in [-0.39, 0.29) is 12.1 Å². The number of anilines is 1. The van der Waals surface area contributed by atoms with Crippen molar-refractivity contribution in [3.8, 4) is 6.07 Å². The summed E-state index contributed by atoms with van der Waals surface area (Å²) in [6.45, 7) is 9.28. The Hall–Kier alpha value is -2.52. The van der Waals surface area contributed by atoms with Crippen molar-refractivity contribution in [1.29, 1.82) is 5.26 Å². The van der Waals surface area contributed by atoms with Gasteiger partial charge < -0.3 is 14.5 Å². The number of hydrogen-bond donors (Lipinski definition) is 0. The van der Waals surface area contributed by atoms with Crippen LogP contribution in [0.5, 0.6) is 0 Å². The third-order valence-electron chi connectivity index (χ3n) is 4.49. The molecule has 2 aromatic rings. The van der Waals surface area contributed by atoms with Gasteiger partial charge in [0.25, 0.3) is 0 Å². The van der Waals surface area contributed by atoms with Crippen molar-refractivity contribution in [2.45, 2.75) is 39.3 Å². The van der Waals surface area contributed by atoms with Crippen molar-refractivity contribution in [2.24, 2.45) is 0 Å². The van der Waals surface area contributed by atoms with Crippen LogP contribution in [0.1, 0.15) is 33.3 Å². The van der Waals surface area contributed by atoms with E-state index in [1.54, 1.807) is 17.2 Å². The number of ether oxygens (including phenoxy) is 1. The van der Waals surface area contributed by atoms with Gasteiger partial charge in [-0.15, -0.1) is 0 Å². The highest BCUT2D eigenvalue weighted by Gasteiger charge is 2.32. The van der Waals surface area contributed by atoms with E-state index in [1.165, 1.54) is 0 Å². The Bertz CT molecular complexity index is 917. The summed E-state index contributed by atoms with van der Waals surface area (Å²) in [5.41, 5.74) is 1.58. The zero-order chi connectivity index (χ0) is 19.8. The van der Waals surface area contributed by atoms with Crippen LogP contribution in [0.4, 0.5) is 10.5 Å². The number of benzene rings is 1. The summed E-state index contributed by atoms with van der Waals surface area (Å²) in [6.07, 6.45) is 1.29.